The number of ether oxygens (including phenoxy) is 5. The molecule has 7 unspecified atom stereocenters. The summed E-state index contributed by atoms with van der Waals surface area (Å²) in [6.07, 6.45) is -7.94. The number of β-lactam (4-membered cyclic amide) rings is 1. The van der Waals surface area contributed by atoms with E-state index in [0.717, 1.165) is 11.1 Å². The monoisotopic (exact) mass is 905 g/mol. The SMILES string of the molecule is O=C(COCCOCCOCC(=O)NCc1ccc(C2C(CCC(O)c3ccc(F)cc3)C(=O)N2c2ccc(F)cc2)cc1)NCCOCCOCC(=O)C(O)C(O)C(O)C(O)CO. The molecule has 7 atom stereocenters. The van der Waals surface area contributed by atoms with Gasteiger partial charge in [-0.1, -0.05) is 36.4 Å². The van der Waals surface area contributed by atoms with Crippen LogP contribution >= 0.6 is 0 Å². The van der Waals surface area contributed by atoms with Crippen LogP contribution in [0.5, 0.6) is 0 Å². The molecule has 4 rings (SSSR count). The maximum Gasteiger partial charge on any atom is 0.246 e. The molecule has 1 saturated heterocycles. The van der Waals surface area contributed by atoms with Crippen molar-refractivity contribution >= 4 is 29.2 Å². The van der Waals surface area contributed by atoms with Crippen LogP contribution in [0.15, 0.2) is 72.8 Å². The molecule has 3 aromatic carbocycles. The third kappa shape index (κ3) is 16.6. The van der Waals surface area contributed by atoms with Crippen molar-refractivity contribution in [2.24, 2.45) is 5.92 Å². The van der Waals surface area contributed by atoms with Gasteiger partial charge >= 0.3 is 0 Å². The average molecular weight is 906 g/mol. The lowest BCUT2D eigenvalue weighted by atomic mass is 9.78. The lowest BCUT2D eigenvalue weighted by Gasteiger charge is -2.48. The molecule has 18 nitrogen and oxygen atoms in total. The number of rotatable bonds is 31. The summed E-state index contributed by atoms with van der Waals surface area (Å²) in [5.41, 5.74) is 2.73. The number of nitrogens with one attached hydrogen (secondary N) is 2. The van der Waals surface area contributed by atoms with Gasteiger partial charge in [-0.15, -0.1) is 0 Å². The molecule has 0 radical (unpaired) electrons. The van der Waals surface area contributed by atoms with E-state index in [2.05, 4.69) is 10.6 Å². The Labute approximate surface area is 368 Å². The quantitative estimate of drug-likeness (QED) is 0.0312. The Bertz CT molecular complexity index is 1880. The van der Waals surface area contributed by atoms with E-state index in [0.29, 0.717) is 17.7 Å². The number of benzene rings is 3. The highest BCUT2D eigenvalue weighted by atomic mass is 19.1. The summed E-state index contributed by atoms with van der Waals surface area (Å²) >= 11 is 0. The van der Waals surface area contributed by atoms with E-state index >= 15 is 0 Å². The molecule has 3 aromatic rings. The number of nitrogens with zero attached hydrogens (tertiary/aromatic N) is 1. The van der Waals surface area contributed by atoms with Gasteiger partial charge in [0.1, 0.15) is 55.9 Å². The number of ketones is 1. The molecule has 20 heteroatoms. The first-order valence-electron chi connectivity index (χ1n) is 20.7. The summed E-state index contributed by atoms with van der Waals surface area (Å²) in [4.78, 5) is 51.2. The standard InChI is InChI=1S/C44H57F2N3O15/c45-31-7-5-29(6-8-31)35(51)14-13-34-40(49(44(34)59)33-11-9-32(46)10-12-33)30-3-1-28(2-4-30)23-48-39(55)27-64-22-19-61-18-21-63-26-38(54)47-15-16-60-17-20-62-25-37(53)42(57)43(58)41(56)36(52)24-50/h1-12,34-36,40-43,50-52,56-58H,13-27H2,(H,47,54)(H,48,55). The number of hydrogen-bond donors (Lipinski definition) is 8. The Balaban J connectivity index is 1.02. The Morgan fingerprint density at radius 1 is 0.656 bits per heavy atom. The molecule has 1 heterocycles. The van der Waals surface area contributed by atoms with Gasteiger partial charge < -0.3 is 69.9 Å². The number of carbonyl (C=O) groups excluding carboxylic acids is 4. The lowest BCUT2D eigenvalue weighted by Crippen LogP contribution is -2.55. The molecule has 8 N–H and O–H groups in total. The van der Waals surface area contributed by atoms with Gasteiger partial charge in [-0.3, -0.25) is 19.2 Å². The number of amides is 3. The lowest BCUT2D eigenvalue weighted by molar-refractivity contribution is -0.151. The van der Waals surface area contributed by atoms with Crippen LogP contribution in [-0.4, -0.2) is 158 Å². The third-order valence-corrected chi connectivity index (χ3v) is 10.1. The maximum atomic E-state index is 13.7. The first kappa shape index (κ1) is 51.8. The summed E-state index contributed by atoms with van der Waals surface area (Å²) in [5, 5.41) is 63.2. The molecule has 352 valence electrons. The smallest absolute Gasteiger partial charge is 0.246 e. The molecule has 1 aliphatic heterocycles. The van der Waals surface area contributed by atoms with Gasteiger partial charge in [0.2, 0.25) is 17.7 Å². The summed E-state index contributed by atoms with van der Waals surface area (Å²) in [7, 11) is 0. The van der Waals surface area contributed by atoms with Crippen LogP contribution < -0.4 is 15.5 Å². The Kier molecular flexibility index (Phi) is 22.2. The number of carbonyl (C=O) groups is 4. The Morgan fingerprint density at radius 3 is 1.78 bits per heavy atom. The van der Waals surface area contributed by atoms with Crippen LogP contribution in [-0.2, 0) is 49.4 Å². The number of Topliss-reactive ketones (excluding diaryl/α,β-unsaturated/α-hetero) is 1. The van der Waals surface area contributed by atoms with Crippen LogP contribution in [0.2, 0.25) is 0 Å². The van der Waals surface area contributed by atoms with E-state index in [1.165, 1.54) is 36.4 Å². The van der Waals surface area contributed by atoms with Gasteiger partial charge in [0.25, 0.3) is 0 Å². The Morgan fingerprint density at radius 2 is 1.19 bits per heavy atom. The topological polar surface area (TPSA) is 263 Å². The number of halogens is 2. The number of aliphatic hydroxyl groups is 6. The molecule has 64 heavy (non-hydrogen) atoms. The number of aliphatic hydroxyl groups excluding tert-OH is 6. The van der Waals surface area contributed by atoms with Crippen molar-refractivity contribution in [1.82, 2.24) is 10.6 Å². The largest absolute Gasteiger partial charge is 0.394 e. The molecule has 0 aliphatic carbocycles. The van der Waals surface area contributed by atoms with E-state index < -0.39 is 67.1 Å². The second-order valence-corrected chi connectivity index (χ2v) is 14.8. The maximum absolute atomic E-state index is 13.7. The molecule has 0 aromatic heterocycles. The van der Waals surface area contributed by atoms with E-state index in [-0.39, 0.29) is 103 Å². The van der Waals surface area contributed by atoms with E-state index in [1.54, 1.807) is 17.0 Å². The zero-order valence-electron chi connectivity index (χ0n) is 35.1. The van der Waals surface area contributed by atoms with Crippen molar-refractivity contribution in [2.45, 2.75) is 55.9 Å². The molecular formula is C44H57F2N3O15. The summed E-state index contributed by atoms with van der Waals surface area (Å²) in [6.45, 7) is -0.708. The molecule has 1 aliphatic rings. The fourth-order valence-corrected chi connectivity index (χ4v) is 6.55. The van der Waals surface area contributed by atoms with Crippen LogP contribution in [0.4, 0.5) is 14.5 Å². The fourth-order valence-electron chi connectivity index (χ4n) is 6.55. The Hall–Kier alpha value is -4.84. The second kappa shape index (κ2) is 27.5. The van der Waals surface area contributed by atoms with Crippen LogP contribution in [0.25, 0.3) is 0 Å². The zero-order valence-corrected chi connectivity index (χ0v) is 35.1. The molecular weight excluding hydrogens is 848 g/mol. The highest BCUT2D eigenvalue weighted by Crippen LogP contribution is 2.46. The summed E-state index contributed by atoms with van der Waals surface area (Å²) < 4.78 is 53.4. The van der Waals surface area contributed by atoms with Crippen molar-refractivity contribution in [3.63, 3.8) is 0 Å². The second-order valence-electron chi connectivity index (χ2n) is 14.8. The molecule has 1 fully saturated rings. The number of hydrogen-bond acceptors (Lipinski definition) is 15. The highest BCUT2D eigenvalue weighted by Gasteiger charge is 2.48. The van der Waals surface area contributed by atoms with Crippen molar-refractivity contribution in [2.75, 3.05) is 84.1 Å². The zero-order chi connectivity index (χ0) is 46.4. The van der Waals surface area contributed by atoms with E-state index in [9.17, 15) is 53.5 Å². The summed E-state index contributed by atoms with van der Waals surface area (Å²) in [5.74, 6) is -3.12. The predicted octanol–water partition coefficient (Wildman–Crippen LogP) is 0.00310. The molecule has 0 bridgehead atoms. The molecule has 0 spiro atoms. The highest BCUT2D eigenvalue weighted by molar-refractivity contribution is 6.03. The molecule has 3 amide bonds. The van der Waals surface area contributed by atoms with Crippen molar-refractivity contribution in [3.8, 4) is 0 Å². The third-order valence-electron chi connectivity index (χ3n) is 10.1. The van der Waals surface area contributed by atoms with Gasteiger partial charge in [0, 0.05) is 18.8 Å². The first-order valence-corrected chi connectivity index (χ1v) is 20.7. The van der Waals surface area contributed by atoms with Gasteiger partial charge in [0.05, 0.1) is 70.9 Å². The summed E-state index contributed by atoms with van der Waals surface area (Å²) in [6, 6.07) is 18.3. The van der Waals surface area contributed by atoms with E-state index in [1.807, 2.05) is 24.3 Å². The van der Waals surface area contributed by atoms with Gasteiger partial charge in [-0.05, 0) is 65.9 Å². The minimum Gasteiger partial charge on any atom is -0.394 e. The fraction of sp³-hybridized carbons (Fsp3) is 0.500. The van der Waals surface area contributed by atoms with Crippen LogP contribution in [0, 0.1) is 17.6 Å². The predicted molar refractivity (Wildman–Crippen MR) is 222 cm³/mol. The molecule has 0 saturated carbocycles. The normalized spacial score (nSPS) is 17.2. The van der Waals surface area contributed by atoms with Crippen molar-refractivity contribution in [3.05, 3.63) is 101 Å². The number of anilines is 1. The van der Waals surface area contributed by atoms with Crippen LogP contribution in [0.3, 0.4) is 0 Å². The first-order chi connectivity index (χ1) is 30.8. The van der Waals surface area contributed by atoms with Gasteiger partial charge in [0.15, 0.2) is 5.78 Å². The van der Waals surface area contributed by atoms with Crippen molar-refractivity contribution in [1.29, 1.82) is 0 Å². The average Bonchev–Trinajstić information content (AvgIpc) is 3.30. The van der Waals surface area contributed by atoms with Crippen molar-refractivity contribution < 1.29 is 82.3 Å². The van der Waals surface area contributed by atoms with E-state index in [4.69, 9.17) is 28.8 Å². The minimum absolute atomic E-state index is 0.0453. The van der Waals surface area contributed by atoms with Gasteiger partial charge in [-0.25, -0.2) is 8.78 Å². The van der Waals surface area contributed by atoms with Crippen LogP contribution in [0.1, 0.15) is 41.7 Å². The van der Waals surface area contributed by atoms with Gasteiger partial charge in [-0.2, -0.15) is 0 Å². The minimum atomic E-state index is -2.03.